The summed E-state index contributed by atoms with van der Waals surface area (Å²) in [6.07, 6.45) is 2.99. The highest BCUT2D eigenvalue weighted by atomic mass is 35.5. The molecule has 4 heteroatoms. The van der Waals surface area contributed by atoms with E-state index in [0.717, 1.165) is 46.7 Å². The predicted octanol–water partition coefficient (Wildman–Crippen LogP) is 4.09. The minimum Gasteiger partial charge on any atom is -0.379 e. The van der Waals surface area contributed by atoms with Crippen LogP contribution in [-0.4, -0.2) is 35.1 Å². The second-order valence-electron chi connectivity index (χ2n) is 6.17. The first-order valence-corrected chi connectivity index (χ1v) is 7.98. The number of nitrogens with zero attached hydrogens (tertiary/aromatic N) is 2. The summed E-state index contributed by atoms with van der Waals surface area (Å²) in [6, 6.07) is 7.13. The SMILES string of the molecule is Cc1cc(Cl)c(NC2CCN(C(C)C)C2)c2cccnc12. The standard InChI is InChI=1S/C17H22ClN3/c1-11(2)21-8-6-13(10-21)20-17-14-5-4-7-19-16(14)12(3)9-15(17)18/h4-5,7,9,11,13,20H,6,8,10H2,1-3H3. The normalized spacial score (nSPS) is 19.6. The third kappa shape index (κ3) is 2.85. The summed E-state index contributed by atoms with van der Waals surface area (Å²) in [5.41, 5.74) is 3.18. The van der Waals surface area contributed by atoms with E-state index < -0.39 is 0 Å². The van der Waals surface area contributed by atoms with Crippen LogP contribution in [0.4, 0.5) is 5.69 Å². The van der Waals surface area contributed by atoms with Crippen molar-refractivity contribution in [1.82, 2.24) is 9.88 Å². The Bertz CT molecular complexity index is 654. The van der Waals surface area contributed by atoms with Gasteiger partial charge >= 0.3 is 0 Å². The van der Waals surface area contributed by atoms with E-state index in [2.05, 4.69) is 42.0 Å². The molecular weight excluding hydrogens is 282 g/mol. The highest BCUT2D eigenvalue weighted by Crippen LogP contribution is 2.34. The first-order chi connectivity index (χ1) is 10.1. The molecule has 112 valence electrons. The zero-order chi connectivity index (χ0) is 15.0. The van der Waals surface area contributed by atoms with Crippen molar-refractivity contribution in [1.29, 1.82) is 0 Å². The second kappa shape index (κ2) is 5.82. The summed E-state index contributed by atoms with van der Waals surface area (Å²) in [7, 11) is 0. The minimum atomic E-state index is 0.455. The van der Waals surface area contributed by atoms with Crippen molar-refractivity contribution < 1.29 is 0 Å². The fourth-order valence-corrected chi connectivity index (χ4v) is 3.43. The van der Waals surface area contributed by atoms with Gasteiger partial charge in [0, 0.05) is 36.8 Å². The lowest BCUT2D eigenvalue weighted by atomic mass is 10.1. The third-order valence-electron chi connectivity index (χ3n) is 4.33. The lowest BCUT2D eigenvalue weighted by Crippen LogP contribution is -2.31. The topological polar surface area (TPSA) is 28.2 Å². The largest absolute Gasteiger partial charge is 0.379 e. The zero-order valence-electron chi connectivity index (χ0n) is 12.9. The van der Waals surface area contributed by atoms with Gasteiger partial charge in [-0.1, -0.05) is 11.6 Å². The number of hydrogen-bond donors (Lipinski definition) is 1. The molecule has 0 radical (unpaired) electrons. The van der Waals surface area contributed by atoms with Crippen LogP contribution in [0.1, 0.15) is 25.8 Å². The fourth-order valence-electron chi connectivity index (χ4n) is 3.11. The molecular formula is C17H22ClN3. The van der Waals surface area contributed by atoms with Crippen LogP contribution >= 0.6 is 11.6 Å². The number of benzene rings is 1. The van der Waals surface area contributed by atoms with Crippen molar-refractivity contribution in [3.63, 3.8) is 0 Å². The van der Waals surface area contributed by atoms with Crippen LogP contribution in [0.25, 0.3) is 10.9 Å². The minimum absolute atomic E-state index is 0.455. The van der Waals surface area contributed by atoms with Crippen LogP contribution < -0.4 is 5.32 Å². The van der Waals surface area contributed by atoms with Gasteiger partial charge in [0.15, 0.2) is 0 Å². The first-order valence-electron chi connectivity index (χ1n) is 7.60. The van der Waals surface area contributed by atoms with Gasteiger partial charge in [-0.2, -0.15) is 0 Å². The molecule has 1 fully saturated rings. The summed E-state index contributed by atoms with van der Waals surface area (Å²) >= 11 is 6.48. The molecule has 3 nitrogen and oxygen atoms in total. The molecule has 1 aliphatic heterocycles. The molecule has 1 atom stereocenters. The number of aryl methyl sites for hydroxylation is 1. The quantitative estimate of drug-likeness (QED) is 0.925. The average Bonchev–Trinajstić information content (AvgIpc) is 2.92. The lowest BCUT2D eigenvalue weighted by Gasteiger charge is -2.22. The van der Waals surface area contributed by atoms with Crippen molar-refractivity contribution in [3.05, 3.63) is 35.0 Å². The smallest absolute Gasteiger partial charge is 0.0752 e. The molecule has 1 aromatic heterocycles. The van der Waals surface area contributed by atoms with Crippen LogP contribution in [0, 0.1) is 6.92 Å². The van der Waals surface area contributed by atoms with E-state index in [-0.39, 0.29) is 0 Å². The van der Waals surface area contributed by atoms with E-state index in [4.69, 9.17) is 11.6 Å². The van der Waals surface area contributed by atoms with E-state index in [1.54, 1.807) is 0 Å². The summed E-state index contributed by atoms with van der Waals surface area (Å²) in [4.78, 5) is 6.99. The molecule has 1 unspecified atom stereocenters. The van der Waals surface area contributed by atoms with Crippen LogP contribution in [0.5, 0.6) is 0 Å². The van der Waals surface area contributed by atoms with Crippen LogP contribution in [-0.2, 0) is 0 Å². The van der Waals surface area contributed by atoms with Crippen molar-refractivity contribution >= 4 is 28.2 Å². The molecule has 2 aromatic rings. The Labute approximate surface area is 131 Å². The van der Waals surface area contributed by atoms with E-state index in [0.29, 0.717) is 12.1 Å². The first kappa shape index (κ1) is 14.6. The molecule has 0 aliphatic carbocycles. The maximum Gasteiger partial charge on any atom is 0.0752 e. The van der Waals surface area contributed by atoms with Crippen molar-refractivity contribution in [2.24, 2.45) is 0 Å². The van der Waals surface area contributed by atoms with Crippen molar-refractivity contribution in [2.75, 3.05) is 18.4 Å². The van der Waals surface area contributed by atoms with Crippen LogP contribution in [0.3, 0.4) is 0 Å². The number of halogens is 1. The number of fused-ring (bicyclic) bond motifs is 1. The Morgan fingerprint density at radius 1 is 1.43 bits per heavy atom. The third-order valence-corrected chi connectivity index (χ3v) is 4.63. The molecule has 1 saturated heterocycles. The van der Waals surface area contributed by atoms with E-state index in [9.17, 15) is 0 Å². The summed E-state index contributed by atoms with van der Waals surface area (Å²) in [5, 5.41) is 5.55. The van der Waals surface area contributed by atoms with Gasteiger partial charge in [-0.3, -0.25) is 9.88 Å². The average molecular weight is 304 g/mol. The van der Waals surface area contributed by atoms with E-state index in [1.165, 1.54) is 0 Å². The Kier molecular flexibility index (Phi) is 4.05. The van der Waals surface area contributed by atoms with Gasteiger partial charge < -0.3 is 5.32 Å². The summed E-state index contributed by atoms with van der Waals surface area (Å²) < 4.78 is 0. The molecule has 0 spiro atoms. The molecule has 1 aromatic carbocycles. The second-order valence-corrected chi connectivity index (χ2v) is 6.58. The molecule has 0 saturated carbocycles. The van der Waals surface area contributed by atoms with Crippen molar-refractivity contribution in [3.8, 4) is 0 Å². The monoisotopic (exact) mass is 303 g/mol. The molecule has 3 rings (SSSR count). The molecule has 0 bridgehead atoms. The van der Waals surface area contributed by atoms with Gasteiger partial charge in [0.1, 0.15) is 0 Å². The number of anilines is 1. The summed E-state index contributed by atoms with van der Waals surface area (Å²) in [6.45, 7) is 8.78. The highest BCUT2D eigenvalue weighted by Gasteiger charge is 2.25. The molecule has 21 heavy (non-hydrogen) atoms. The molecule has 1 aliphatic rings. The van der Waals surface area contributed by atoms with E-state index >= 15 is 0 Å². The van der Waals surface area contributed by atoms with Gasteiger partial charge in [0.05, 0.1) is 16.2 Å². The van der Waals surface area contributed by atoms with Crippen molar-refractivity contribution in [2.45, 2.75) is 39.3 Å². The maximum absolute atomic E-state index is 6.48. The Morgan fingerprint density at radius 3 is 2.95 bits per heavy atom. The van der Waals surface area contributed by atoms with Gasteiger partial charge in [0.2, 0.25) is 0 Å². The molecule has 2 heterocycles. The van der Waals surface area contributed by atoms with Gasteiger partial charge in [-0.25, -0.2) is 0 Å². The summed E-state index contributed by atoms with van der Waals surface area (Å²) in [5.74, 6) is 0. The Hall–Kier alpha value is -1.32. The van der Waals surface area contributed by atoms with Gasteiger partial charge in [-0.05, 0) is 51.0 Å². The number of rotatable bonds is 3. The molecule has 0 amide bonds. The highest BCUT2D eigenvalue weighted by molar-refractivity contribution is 6.35. The predicted molar refractivity (Wildman–Crippen MR) is 90.2 cm³/mol. The zero-order valence-corrected chi connectivity index (χ0v) is 13.6. The maximum atomic E-state index is 6.48. The van der Waals surface area contributed by atoms with E-state index in [1.807, 2.05) is 18.3 Å². The number of nitrogens with one attached hydrogen (secondary N) is 1. The Morgan fingerprint density at radius 2 is 2.24 bits per heavy atom. The molecule has 1 N–H and O–H groups in total. The fraction of sp³-hybridized carbons (Fsp3) is 0.471. The lowest BCUT2D eigenvalue weighted by molar-refractivity contribution is 0.274. The van der Waals surface area contributed by atoms with Gasteiger partial charge in [0.25, 0.3) is 0 Å². The number of hydrogen-bond acceptors (Lipinski definition) is 3. The number of aromatic nitrogens is 1. The Balaban J connectivity index is 1.91. The van der Waals surface area contributed by atoms with Gasteiger partial charge in [-0.15, -0.1) is 0 Å². The van der Waals surface area contributed by atoms with Crippen LogP contribution in [0.15, 0.2) is 24.4 Å². The van der Waals surface area contributed by atoms with Crippen LogP contribution in [0.2, 0.25) is 5.02 Å². The number of pyridine rings is 1. The number of likely N-dealkylation sites (tertiary alicyclic amines) is 1.